The van der Waals surface area contributed by atoms with Gasteiger partial charge in [0.15, 0.2) is 0 Å². The predicted molar refractivity (Wildman–Crippen MR) is 58.2 cm³/mol. The summed E-state index contributed by atoms with van der Waals surface area (Å²) in [5.41, 5.74) is 0.673. The van der Waals surface area contributed by atoms with E-state index in [1.165, 1.54) is 7.11 Å². The Balaban J connectivity index is 4.18. The Bertz CT molecular complexity index is 209. The van der Waals surface area contributed by atoms with E-state index in [1.807, 2.05) is 6.08 Å². The van der Waals surface area contributed by atoms with Crippen molar-refractivity contribution < 1.29 is 9.53 Å². The van der Waals surface area contributed by atoms with E-state index >= 15 is 0 Å². The molecule has 14 heavy (non-hydrogen) atoms. The first-order chi connectivity index (χ1) is 6.52. The topological polar surface area (TPSA) is 29.5 Å². The van der Waals surface area contributed by atoms with E-state index in [1.54, 1.807) is 6.92 Å². The predicted octanol–water partition coefficient (Wildman–Crippen LogP) is 1.84. The third kappa shape index (κ3) is 4.42. The molecule has 0 aliphatic carbocycles. The lowest BCUT2D eigenvalue weighted by Gasteiger charge is -2.23. The van der Waals surface area contributed by atoms with Crippen LogP contribution < -0.4 is 0 Å². The van der Waals surface area contributed by atoms with Gasteiger partial charge in [0.2, 0.25) is 0 Å². The maximum absolute atomic E-state index is 11.1. The summed E-state index contributed by atoms with van der Waals surface area (Å²) in [7, 11) is 1.40. The highest BCUT2D eigenvalue weighted by atomic mass is 16.5. The summed E-state index contributed by atoms with van der Waals surface area (Å²) in [4.78, 5) is 13.3. The first-order valence-electron chi connectivity index (χ1n) is 5.02. The molecular formula is C11H21NO2. The molecule has 0 amide bonds. The molecule has 0 spiro atoms. The quantitative estimate of drug-likeness (QED) is 0.500. The summed E-state index contributed by atoms with van der Waals surface area (Å²) in [6.07, 6.45) is 1.91. The maximum atomic E-state index is 11.1. The lowest BCUT2D eigenvalue weighted by molar-refractivity contribution is -0.136. The van der Waals surface area contributed by atoms with Gasteiger partial charge in [-0.15, -0.1) is 0 Å². The zero-order chi connectivity index (χ0) is 11.1. The van der Waals surface area contributed by atoms with Crippen molar-refractivity contribution in [2.75, 3.05) is 20.2 Å². The molecule has 0 aromatic carbocycles. The van der Waals surface area contributed by atoms with Crippen LogP contribution in [0.4, 0.5) is 0 Å². The van der Waals surface area contributed by atoms with Gasteiger partial charge in [-0.2, -0.15) is 0 Å². The Kier molecular flexibility index (Phi) is 6.21. The molecule has 0 fully saturated rings. The molecule has 0 unspecified atom stereocenters. The molecule has 0 saturated heterocycles. The molecule has 0 aromatic heterocycles. The number of methoxy groups -OCH3 is 1. The normalized spacial score (nSPS) is 12.4. The Labute approximate surface area is 86.7 Å². The summed E-state index contributed by atoms with van der Waals surface area (Å²) in [6, 6.07) is 0.502. The van der Waals surface area contributed by atoms with Crippen LogP contribution in [-0.2, 0) is 9.53 Å². The van der Waals surface area contributed by atoms with Crippen molar-refractivity contribution in [2.45, 2.75) is 33.7 Å². The van der Waals surface area contributed by atoms with Gasteiger partial charge in [-0.05, 0) is 27.3 Å². The van der Waals surface area contributed by atoms with Crippen molar-refractivity contribution in [1.82, 2.24) is 4.90 Å². The standard InChI is InChI=1S/C11H21NO2/c1-6-12(9(2)3)8-7-10(4)11(13)14-5/h7,9H,6,8H2,1-5H3. The van der Waals surface area contributed by atoms with Crippen LogP contribution in [0.2, 0.25) is 0 Å². The van der Waals surface area contributed by atoms with E-state index in [2.05, 4.69) is 30.4 Å². The smallest absolute Gasteiger partial charge is 0.333 e. The number of esters is 1. The van der Waals surface area contributed by atoms with Gasteiger partial charge >= 0.3 is 5.97 Å². The second kappa shape index (κ2) is 6.60. The first kappa shape index (κ1) is 13.2. The summed E-state index contributed by atoms with van der Waals surface area (Å²) >= 11 is 0. The Morgan fingerprint density at radius 2 is 2.07 bits per heavy atom. The van der Waals surface area contributed by atoms with E-state index in [0.717, 1.165) is 13.1 Å². The highest BCUT2D eigenvalue weighted by Crippen LogP contribution is 2.01. The summed E-state index contributed by atoms with van der Waals surface area (Å²) in [5.74, 6) is -0.246. The van der Waals surface area contributed by atoms with Gasteiger partial charge in [-0.3, -0.25) is 4.90 Å². The van der Waals surface area contributed by atoms with Gasteiger partial charge in [0, 0.05) is 18.2 Å². The third-order valence-electron chi connectivity index (χ3n) is 2.28. The van der Waals surface area contributed by atoms with Crippen molar-refractivity contribution in [3.8, 4) is 0 Å². The molecule has 0 heterocycles. The number of rotatable bonds is 5. The van der Waals surface area contributed by atoms with Crippen LogP contribution in [0.25, 0.3) is 0 Å². The van der Waals surface area contributed by atoms with Crippen molar-refractivity contribution in [3.05, 3.63) is 11.6 Å². The number of carbonyl (C=O) groups excluding carboxylic acids is 1. The van der Waals surface area contributed by atoms with Crippen molar-refractivity contribution in [1.29, 1.82) is 0 Å². The zero-order valence-electron chi connectivity index (χ0n) is 9.83. The number of carbonyl (C=O) groups is 1. The first-order valence-corrected chi connectivity index (χ1v) is 5.02. The van der Waals surface area contributed by atoms with Crippen molar-refractivity contribution >= 4 is 5.97 Å². The van der Waals surface area contributed by atoms with Crippen LogP contribution in [0.1, 0.15) is 27.7 Å². The maximum Gasteiger partial charge on any atom is 0.333 e. The van der Waals surface area contributed by atoms with Gasteiger partial charge in [0.05, 0.1) is 7.11 Å². The molecule has 0 aliphatic heterocycles. The number of hydrogen-bond donors (Lipinski definition) is 0. The summed E-state index contributed by atoms with van der Waals surface area (Å²) in [6.45, 7) is 9.97. The van der Waals surface area contributed by atoms with E-state index in [-0.39, 0.29) is 5.97 Å². The van der Waals surface area contributed by atoms with Crippen LogP contribution in [0.3, 0.4) is 0 Å². The number of hydrogen-bond acceptors (Lipinski definition) is 3. The lowest BCUT2D eigenvalue weighted by Crippen LogP contribution is -2.30. The van der Waals surface area contributed by atoms with Crippen molar-refractivity contribution in [2.24, 2.45) is 0 Å². The number of nitrogens with zero attached hydrogens (tertiary/aromatic N) is 1. The summed E-state index contributed by atoms with van der Waals surface area (Å²) < 4.78 is 4.61. The molecule has 0 saturated carbocycles. The zero-order valence-corrected chi connectivity index (χ0v) is 9.83. The molecular weight excluding hydrogens is 178 g/mol. The third-order valence-corrected chi connectivity index (χ3v) is 2.28. The monoisotopic (exact) mass is 199 g/mol. The minimum Gasteiger partial charge on any atom is -0.466 e. The van der Waals surface area contributed by atoms with Gasteiger partial charge in [0.25, 0.3) is 0 Å². The lowest BCUT2D eigenvalue weighted by atomic mass is 10.2. The highest BCUT2D eigenvalue weighted by molar-refractivity contribution is 5.87. The highest BCUT2D eigenvalue weighted by Gasteiger charge is 2.07. The van der Waals surface area contributed by atoms with E-state index in [4.69, 9.17) is 0 Å². The molecule has 0 atom stereocenters. The van der Waals surface area contributed by atoms with Crippen LogP contribution in [0.15, 0.2) is 11.6 Å². The number of likely N-dealkylation sites (N-methyl/N-ethyl adjacent to an activating group) is 1. The van der Waals surface area contributed by atoms with E-state index in [0.29, 0.717) is 11.6 Å². The summed E-state index contributed by atoms with van der Waals surface area (Å²) in [5, 5.41) is 0. The second-order valence-corrected chi connectivity index (χ2v) is 3.56. The van der Waals surface area contributed by atoms with Gasteiger partial charge in [0.1, 0.15) is 0 Å². The van der Waals surface area contributed by atoms with Crippen LogP contribution in [0.5, 0.6) is 0 Å². The molecule has 82 valence electrons. The number of ether oxygens (including phenoxy) is 1. The fraction of sp³-hybridized carbons (Fsp3) is 0.727. The fourth-order valence-electron chi connectivity index (χ4n) is 1.20. The van der Waals surface area contributed by atoms with Crippen LogP contribution in [0, 0.1) is 0 Å². The van der Waals surface area contributed by atoms with Crippen LogP contribution in [-0.4, -0.2) is 37.1 Å². The Morgan fingerprint density at radius 3 is 2.43 bits per heavy atom. The average molecular weight is 199 g/mol. The second-order valence-electron chi connectivity index (χ2n) is 3.56. The molecule has 0 radical (unpaired) electrons. The van der Waals surface area contributed by atoms with E-state index < -0.39 is 0 Å². The molecule has 0 N–H and O–H groups in total. The van der Waals surface area contributed by atoms with E-state index in [9.17, 15) is 4.79 Å². The molecule has 0 rings (SSSR count). The molecule has 0 aromatic rings. The Morgan fingerprint density at radius 1 is 1.50 bits per heavy atom. The largest absolute Gasteiger partial charge is 0.466 e. The SMILES string of the molecule is CCN(CC=C(C)C(=O)OC)C(C)C. The van der Waals surface area contributed by atoms with Gasteiger partial charge in [-0.25, -0.2) is 4.79 Å². The molecule has 0 bridgehead atoms. The molecule has 3 nitrogen and oxygen atoms in total. The molecule has 0 aliphatic rings. The minimum absolute atomic E-state index is 0.246. The van der Waals surface area contributed by atoms with Crippen LogP contribution >= 0.6 is 0 Å². The minimum atomic E-state index is -0.246. The average Bonchev–Trinajstić information content (AvgIpc) is 2.16. The molecule has 3 heteroatoms. The van der Waals surface area contributed by atoms with Crippen molar-refractivity contribution in [3.63, 3.8) is 0 Å². The van der Waals surface area contributed by atoms with Gasteiger partial charge in [-0.1, -0.05) is 13.0 Å². The van der Waals surface area contributed by atoms with Gasteiger partial charge < -0.3 is 4.74 Å². The Hall–Kier alpha value is -0.830. The fourth-order valence-corrected chi connectivity index (χ4v) is 1.20.